The van der Waals surface area contributed by atoms with Crippen molar-refractivity contribution >= 4 is 5.69 Å². The fourth-order valence-electron chi connectivity index (χ4n) is 2.55. The average Bonchev–Trinajstić information content (AvgIpc) is 2.34. The Labute approximate surface area is 125 Å². The zero-order valence-electron chi connectivity index (χ0n) is 13.2. The summed E-state index contributed by atoms with van der Waals surface area (Å²) in [6.07, 6.45) is 0. The molecule has 0 radical (unpaired) electrons. The molecule has 1 aromatic carbocycles. The van der Waals surface area contributed by atoms with Crippen LogP contribution in [0.5, 0.6) is 0 Å². The molecule has 0 spiro atoms. The average molecular weight is 298 g/mol. The van der Waals surface area contributed by atoms with Gasteiger partial charge in [-0.25, -0.2) is 8.78 Å². The molecule has 0 amide bonds. The second-order valence-corrected chi connectivity index (χ2v) is 6.47. The SMILES string of the molecule is CC(C)NCc1cc(F)c(N2CCOC(C)(C)C2)c(F)c1. The minimum Gasteiger partial charge on any atom is -0.372 e. The molecule has 1 aliphatic rings. The molecule has 2 rings (SSSR count). The van der Waals surface area contributed by atoms with E-state index in [0.717, 1.165) is 0 Å². The second-order valence-electron chi connectivity index (χ2n) is 6.47. The molecule has 3 nitrogen and oxygen atoms in total. The summed E-state index contributed by atoms with van der Waals surface area (Å²) in [6.45, 7) is 9.76. The van der Waals surface area contributed by atoms with Gasteiger partial charge in [-0.05, 0) is 31.5 Å². The number of anilines is 1. The standard InChI is InChI=1S/C16H24F2N2O/c1-11(2)19-9-12-7-13(17)15(14(18)8-12)20-5-6-21-16(3,4)10-20/h7-8,11,19H,5-6,9-10H2,1-4H3. The fourth-order valence-corrected chi connectivity index (χ4v) is 2.55. The number of nitrogens with one attached hydrogen (secondary N) is 1. The lowest BCUT2D eigenvalue weighted by Crippen LogP contribution is -2.49. The Balaban J connectivity index is 2.20. The van der Waals surface area contributed by atoms with Gasteiger partial charge in [-0.15, -0.1) is 0 Å². The maximum Gasteiger partial charge on any atom is 0.149 e. The van der Waals surface area contributed by atoms with Crippen LogP contribution in [0.15, 0.2) is 12.1 Å². The summed E-state index contributed by atoms with van der Waals surface area (Å²) in [6, 6.07) is 3.10. The second kappa shape index (κ2) is 6.28. The summed E-state index contributed by atoms with van der Waals surface area (Å²) >= 11 is 0. The van der Waals surface area contributed by atoms with Crippen LogP contribution in [-0.2, 0) is 11.3 Å². The third kappa shape index (κ3) is 4.14. The first-order chi connectivity index (χ1) is 9.78. The van der Waals surface area contributed by atoms with E-state index < -0.39 is 17.2 Å². The van der Waals surface area contributed by atoms with E-state index in [9.17, 15) is 8.78 Å². The highest BCUT2D eigenvalue weighted by Crippen LogP contribution is 2.29. The van der Waals surface area contributed by atoms with Crippen molar-refractivity contribution < 1.29 is 13.5 Å². The van der Waals surface area contributed by atoms with Crippen LogP contribution in [0.3, 0.4) is 0 Å². The van der Waals surface area contributed by atoms with Crippen LogP contribution >= 0.6 is 0 Å². The maximum atomic E-state index is 14.3. The van der Waals surface area contributed by atoms with Gasteiger partial charge in [0.05, 0.1) is 12.2 Å². The quantitative estimate of drug-likeness (QED) is 0.924. The Morgan fingerprint density at radius 2 is 1.90 bits per heavy atom. The molecule has 0 atom stereocenters. The Hall–Kier alpha value is -1.20. The number of hydrogen-bond acceptors (Lipinski definition) is 3. The smallest absolute Gasteiger partial charge is 0.149 e. The third-order valence-electron chi connectivity index (χ3n) is 3.53. The van der Waals surface area contributed by atoms with Crippen molar-refractivity contribution in [2.75, 3.05) is 24.6 Å². The van der Waals surface area contributed by atoms with Gasteiger partial charge in [0.15, 0.2) is 0 Å². The van der Waals surface area contributed by atoms with Gasteiger partial charge < -0.3 is 15.0 Å². The molecule has 0 aliphatic carbocycles. The van der Waals surface area contributed by atoms with E-state index in [0.29, 0.717) is 31.8 Å². The molecule has 118 valence electrons. The topological polar surface area (TPSA) is 24.5 Å². The number of benzene rings is 1. The molecule has 0 unspecified atom stereocenters. The molecule has 1 fully saturated rings. The van der Waals surface area contributed by atoms with Gasteiger partial charge in [-0.1, -0.05) is 13.8 Å². The van der Waals surface area contributed by atoms with Gasteiger partial charge in [0.1, 0.15) is 17.3 Å². The van der Waals surface area contributed by atoms with Crippen molar-refractivity contribution in [2.24, 2.45) is 0 Å². The van der Waals surface area contributed by atoms with Crippen LogP contribution in [0.1, 0.15) is 33.3 Å². The lowest BCUT2D eigenvalue weighted by Gasteiger charge is -2.39. The highest BCUT2D eigenvalue weighted by atomic mass is 19.1. The number of rotatable bonds is 4. The van der Waals surface area contributed by atoms with E-state index in [2.05, 4.69) is 5.32 Å². The van der Waals surface area contributed by atoms with Gasteiger partial charge in [-0.3, -0.25) is 0 Å². The van der Waals surface area contributed by atoms with Crippen LogP contribution in [0, 0.1) is 11.6 Å². The predicted molar refractivity (Wildman–Crippen MR) is 80.6 cm³/mol. The molecule has 1 aromatic rings. The molecule has 1 N–H and O–H groups in total. The lowest BCUT2D eigenvalue weighted by atomic mass is 10.1. The molecular formula is C16H24F2N2O. The van der Waals surface area contributed by atoms with Gasteiger partial charge in [0.2, 0.25) is 0 Å². The first-order valence-electron chi connectivity index (χ1n) is 7.39. The monoisotopic (exact) mass is 298 g/mol. The minimum absolute atomic E-state index is 0.0553. The number of hydrogen-bond donors (Lipinski definition) is 1. The molecule has 0 bridgehead atoms. The zero-order valence-corrected chi connectivity index (χ0v) is 13.2. The summed E-state index contributed by atoms with van der Waals surface area (Å²) in [4.78, 5) is 1.73. The largest absolute Gasteiger partial charge is 0.372 e. The molecule has 1 heterocycles. The van der Waals surface area contributed by atoms with Crippen LogP contribution in [0.4, 0.5) is 14.5 Å². The molecule has 5 heteroatoms. The Morgan fingerprint density at radius 1 is 1.29 bits per heavy atom. The van der Waals surface area contributed by atoms with Crippen LogP contribution < -0.4 is 10.2 Å². The van der Waals surface area contributed by atoms with E-state index in [4.69, 9.17) is 4.74 Å². The molecule has 1 saturated heterocycles. The summed E-state index contributed by atoms with van der Waals surface area (Å²) < 4.78 is 34.2. The van der Waals surface area contributed by atoms with E-state index >= 15 is 0 Å². The predicted octanol–water partition coefficient (Wildman–Crippen LogP) is 3.08. The number of nitrogens with zero attached hydrogens (tertiary/aromatic N) is 1. The number of halogens is 2. The minimum atomic E-state index is -0.506. The molecule has 1 aliphatic heterocycles. The van der Waals surface area contributed by atoms with E-state index in [1.807, 2.05) is 27.7 Å². The molecular weight excluding hydrogens is 274 g/mol. The normalized spacial score (nSPS) is 18.3. The van der Waals surface area contributed by atoms with Crippen molar-refractivity contribution in [2.45, 2.75) is 45.9 Å². The van der Waals surface area contributed by atoms with Gasteiger partial charge in [0.25, 0.3) is 0 Å². The maximum absolute atomic E-state index is 14.3. The van der Waals surface area contributed by atoms with Crippen LogP contribution in [-0.4, -0.2) is 31.3 Å². The van der Waals surface area contributed by atoms with Crippen LogP contribution in [0.2, 0.25) is 0 Å². The first-order valence-corrected chi connectivity index (χ1v) is 7.39. The van der Waals surface area contributed by atoms with Gasteiger partial charge >= 0.3 is 0 Å². The number of ether oxygens (including phenoxy) is 1. The number of morpholine rings is 1. The zero-order chi connectivity index (χ0) is 15.6. The first kappa shape index (κ1) is 16.2. The third-order valence-corrected chi connectivity index (χ3v) is 3.53. The van der Waals surface area contributed by atoms with E-state index in [1.54, 1.807) is 4.90 Å². The Morgan fingerprint density at radius 3 is 2.43 bits per heavy atom. The fraction of sp³-hybridized carbons (Fsp3) is 0.625. The van der Waals surface area contributed by atoms with Crippen molar-refractivity contribution in [3.05, 3.63) is 29.3 Å². The summed E-state index contributed by atoms with van der Waals surface area (Å²) in [5, 5.41) is 3.16. The van der Waals surface area contributed by atoms with Gasteiger partial charge in [-0.2, -0.15) is 0 Å². The van der Waals surface area contributed by atoms with Crippen LogP contribution in [0.25, 0.3) is 0 Å². The van der Waals surface area contributed by atoms with E-state index in [1.165, 1.54) is 12.1 Å². The van der Waals surface area contributed by atoms with Gasteiger partial charge in [0, 0.05) is 25.7 Å². The van der Waals surface area contributed by atoms with Crippen molar-refractivity contribution in [3.63, 3.8) is 0 Å². The molecule has 0 aromatic heterocycles. The molecule has 0 saturated carbocycles. The van der Waals surface area contributed by atoms with Crippen molar-refractivity contribution in [3.8, 4) is 0 Å². The summed E-state index contributed by atoms with van der Waals surface area (Å²) in [5.74, 6) is -1.01. The highest BCUT2D eigenvalue weighted by Gasteiger charge is 2.30. The molecule has 21 heavy (non-hydrogen) atoms. The van der Waals surface area contributed by atoms with Crippen molar-refractivity contribution in [1.29, 1.82) is 0 Å². The highest BCUT2D eigenvalue weighted by molar-refractivity contribution is 5.51. The summed E-state index contributed by atoms with van der Waals surface area (Å²) in [5.41, 5.74) is 0.282. The Kier molecular flexibility index (Phi) is 4.84. The lowest BCUT2D eigenvalue weighted by molar-refractivity contribution is -0.0280. The summed E-state index contributed by atoms with van der Waals surface area (Å²) in [7, 11) is 0. The van der Waals surface area contributed by atoms with E-state index in [-0.39, 0.29) is 11.7 Å². The Bertz CT molecular complexity index is 480. The van der Waals surface area contributed by atoms with Crippen molar-refractivity contribution in [1.82, 2.24) is 5.32 Å².